The van der Waals surface area contributed by atoms with E-state index in [0.717, 1.165) is 22.7 Å². The fourth-order valence-electron chi connectivity index (χ4n) is 1.89. The van der Waals surface area contributed by atoms with Gasteiger partial charge >= 0.3 is 0 Å². The zero-order valence-electron chi connectivity index (χ0n) is 11.9. The average molecular weight is 285 g/mol. The van der Waals surface area contributed by atoms with Gasteiger partial charge in [-0.2, -0.15) is 0 Å². The molecule has 0 bridgehead atoms. The molecule has 0 aliphatic carbocycles. The van der Waals surface area contributed by atoms with E-state index in [0.29, 0.717) is 6.54 Å². The summed E-state index contributed by atoms with van der Waals surface area (Å²) >= 11 is 0. The summed E-state index contributed by atoms with van der Waals surface area (Å²) in [5.41, 5.74) is 8.28. The number of anilines is 2. The van der Waals surface area contributed by atoms with Crippen molar-refractivity contribution in [3.63, 3.8) is 0 Å². The largest absolute Gasteiger partial charge is 0.497 e. The highest BCUT2D eigenvalue weighted by Crippen LogP contribution is 2.14. The van der Waals surface area contributed by atoms with Gasteiger partial charge in [-0.1, -0.05) is 18.2 Å². The molecule has 0 atom stereocenters. The van der Waals surface area contributed by atoms with Crippen LogP contribution in [0.25, 0.3) is 0 Å². The molecule has 0 unspecified atom stereocenters. The predicted molar refractivity (Wildman–Crippen MR) is 84.2 cm³/mol. The summed E-state index contributed by atoms with van der Waals surface area (Å²) in [5, 5.41) is 5.87. The van der Waals surface area contributed by atoms with Crippen molar-refractivity contribution in [3.05, 3.63) is 54.1 Å². The van der Waals surface area contributed by atoms with E-state index in [4.69, 9.17) is 10.5 Å². The fourth-order valence-corrected chi connectivity index (χ4v) is 1.89. The Bertz CT molecular complexity index is 597. The minimum Gasteiger partial charge on any atom is -0.497 e. The second-order valence-corrected chi connectivity index (χ2v) is 4.58. The SMILES string of the molecule is COc1ccc(NC(=O)CNCc2ccccc2N)cc1. The van der Waals surface area contributed by atoms with Gasteiger partial charge in [-0.25, -0.2) is 0 Å². The Morgan fingerprint density at radius 2 is 1.86 bits per heavy atom. The second-order valence-electron chi connectivity index (χ2n) is 4.58. The summed E-state index contributed by atoms with van der Waals surface area (Å²) in [4.78, 5) is 11.8. The molecule has 0 saturated carbocycles. The lowest BCUT2D eigenvalue weighted by molar-refractivity contribution is -0.115. The van der Waals surface area contributed by atoms with E-state index in [1.807, 2.05) is 24.3 Å². The van der Waals surface area contributed by atoms with Gasteiger partial charge in [-0.05, 0) is 35.9 Å². The van der Waals surface area contributed by atoms with Crippen LogP contribution >= 0.6 is 0 Å². The number of para-hydroxylation sites is 1. The van der Waals surface area contributed by atoms with Crippen LogP contribution in [-0.2, 0) is 11.3 Å². The molecule has 0 fully saturated rings. The van der Waals surface area contributed by atoms with Crippen molar-refractivity contribution >= 4 is 17.3 Å². The fraction of sp³-hybridized carbons (Fsp3) is 0.188. The summed E-state index contributed by atoms with van der Waals surface area (Å²) in [6.45, 7) is 0.781. The molecule has 5 heteroatoms. The van der Waals surface area contributed by atoms with Crippen LogP contribution in [0.3, 0.4) is 0 Å². The molecule has 0 aliphatic rings. The van der Waals surface area contributed by atoms with Gasteiger partial charge in [0.25, 0.3) is 0 Å². The number of benzene rings is 2. The summed E-state index contributed by atoms with van der Waals surface area (Å²) < 4.78 is 5.06. The molecule has 21 heavy (non-hydrogen) atoms. The first kappa shape index (κ1) is 14.9. The van der Waals surface area contributed by atoms with E-state index in [1.54, 1.807) is 31.4 Å². The highest BCUT2D eigenvalue weighted by atomic mass is 16.5. The Labute approximate surface area is 124 Å². The van der Waals surface area contributed by atoms with Crippen molar-refractivity contribution in [3.8, 4) is 5.75 Å². The zero-order valence-corrected chi connectivity index (χ0v) is 11.9. The van der Waals surface area contributed by atoms with E-state index in [2.05, 4.69) is 10.6 Å². The summed E-state index contributed by atoms with van der Waals surface area (Å²) in [6.07, 6.45) is 0. The van der Waals surface area contributed by atoms with E-state index in [-0.39, 0.29) is 12.5 Å². The maximum Gasteiger partial charge on any atom is 0.238 e. The molecule has 2 aromatic carbocycles. The van der Waals surface area contributed by atoms with Gasteiger partial charge in [-0.15, -0.1) is 0 Å². The Hall–Kier alpha value is -2.53. The van der Waals surface area contributed by atoms with Gasteiger partial charge in [0.05, 0.1) is 13.7 Å². The van der Waals surface area contributed by atoms with Crippen molar-refractivity contribution in [1.29, 1.82) is 0 Å². The number of hydrogen-bond acceptors (Lipinski definition) is 4. The number of rotatable bonds is 6. The summed E-state index contributed by atoms with van der Waals surface area (Å²) in [6, 6.07) is 14.8. The van der Waals surface area contributed by atoms with Crippen molar-refractivity contribution in [2.24, 2.45) is 0 Å². The number of nitrogens with two attached hydrogens (primary N) is 1. The highest BCUT2D eigenvalue weighted by Gasteiger charge is 2.03. The Balaban J connectivity index is 1.78. The quantitative estimate of drug-likeness (QED) is 0.710. The molecular weight excluding hydrogens is 266 g/mol. The van der Waals surface area contributed by atoms with E-state index in [9.17, 15) is 4.79 Å². The smallest absolute Gasteiger partial charge is 0.238 e. The van der Waals surface area contributed by atoms with Crippen LogP contribution in [0.5, 0.6) is 5.75 Å². The predicted octanol–water partition coefficient (Wildman–Crippen LogP) is 2.01. The molecule has 0 aromatic heterocycles. The lowest BCUT2D eigenvalue weighted by Gasteiger charge is -2.09. The number of nitrogen functional groups attached to an aromatic ring is 1. The molecule has 2 aromatic rings. The molecule has 4 N–H and O–H groups in total. The van der Waals surface area contributed by atoms with Crippen LogP contribution in [0, 0.1) is 0 Å². The first-order valence-corrected chi connectivity index (χ1v) is 6.67. The molecule has 0 heterocycles. The minimum absolute atomic E-state index is 0.102. The number of ether oxygens (including phenoxy) is 1. The van der Waals surface area contributed by atoms with Crippen LogP contribution in [0.15, 0.2) is 48.5 Å². The van der Waals surface area contributed by atoms with E-state index < -0.39 is 0 Å². The third-order valence-corrected chi connectivity index (χ3v) is 3.03. The standard InChI is InChI=1S/C16H19N3O2/c1-21-14-8-6-13(7-9-14)19-16(20)11-18-10-12-4-2-3-5-15(12)17/h2-9,18H,10-11,17H2,1H3,(H,19,20). The molecular formula is C16H19N3O2. The number of carbonyl (C=O) groups excluding carboxylic acids is 1. The van der Waals surface area contributed by atoms with Gasteiger partial charge < -0.3 is 21.1 Å². The number of amides is 1. The second kappa shape index (κ2) is 7.31. The van der Waals surface area contributed by atoms with Crippen molar-refractivity contribution in [2.75, 3.05) is 24.7 Å². The van der Waals surface area contributed by atoms with E-state index in [1.165, 1.54) is 0 Å². The summed E-state index contributed by atoms with van der Waals surface area (Å²) in [5.74, 6) is 0.653. The monoisotopic (exact) mass is 285 g/mol. The maximum atomic E-state index is 11.8. The Kier molecular flexibility index (Phi) is 5.17. The normalized spacial score (nSPS) is 10.1. The van der Waals surface area contributed by atoms with Crippen LogP contribution in [0.2, 0.25) is 0 Å². The van der Waals surface area contributed by atoms with Crippen LogP contribution in [-0.4, -0.2) is 19.6 Å². The van der Waals surface area contributed by atoms with Crippen molar-refractivity contribution in [1.82, 2.24) is 5.32 Å². The molecule has 110 valence electrons. The molecule has 0 aliphatic heterocycles. The summed E-state index contributed by atoms with van der Waals surface area (Å²) in [7, 11) is 1.60. The van der Waals surface area contributed by atoms with Gasteiger partial charge in [0, 0.05) is 17.9 Å². The molecule has 0 spiro atoms. The Morgan fingerprint density at radius 3 is 2.52 bits per heavy atom. The van der Waals surface area contributed by atoms with Crippen molar-refractivity contribution in [2.45, 2.75) is 6.54 Å². The third kappa shape index (κ3) is 4.50. The first-order valence-electron chi connectivity index (χ1n) is 6.67. The number of nitrogens with one attached hydrogen (secondary N) is 2. The Morgan fingerprint density at radius 1 is 1.14 bits per heavy atom. The van der Waals surface area contributed by atoms with Crippen LogP contribution in [0.1, 0.15) is 5.56 Å². The van der Waals surface area contributed by atoms with Gasteiger partial charge in [-0.3, -0.25) is 4.79 Å². The van der Waals surface area contributed by atoms with Crippen LogP contribution < -0.4 is 21.1 Å². The topological polar surface area (TPSA) is 76.4 Å². The lowest BCUT2D eigenvalue weighted by Crippen LogP contribution is -2.27. The van der Waals surface area contributed by atoms with Gasteiger partial charge in [0.2, 0.25) is 5.91 Å². The molecule has 5 nitrogen and oxygen atoms in total. The third-order valence-electron chi connectivity index (χ3n) is 3.03. The number of carbonyl (C=O) groups is 1. The zero-order chi connectivity index (χ0) is 15.1. The lowest BCUT2D eigenvalue weighted by atomic mass is 10.2. The maximum absolute atomic E-state index is 11.8. The number of methoxy groups -OCH3 is 1. The first-order chi connectivity index (χ1) is 10.2. The minimum atomic E-state index is -0.102. The highest BCUT2D eigenvalue weighted by molar-refractivity contribution is 5.92. The molecule has 0 radical (unpaired) electrons. The van der Waals surface area contributed by atoms with Gasteiger partial charge in [0.15, 0.2) is 0 Å². The molecule has 2 rings (SSSR count). The number of hydrogen-bond donors (Lipinski definition) is 3. The molecule has 0 saturated heterocycles. The van der Waals surface area contributed by atoms with Crippen LogP contribution in [0.4, 0.5) is 11.4 Å². The molecule has 1 amide bonds. The van der Waals surface area contributed by atoms with Crippen molar-refractivity contribution < 1.29 is 9.53 Å². The average Bonchev–Trinajstić information content (AvgIpc) is 2.50. The van der Waals surface area contributed by atoms with E-state index >= 15 is 0 Å². The van der Waals surface area contributed by atoms with Gasteiger partial charge in [0.1, 0.15) is 5.75 Å².